The molecule has 21 heavy (non-hydrogen) atoms. The molecule has 3 heteroatoms. The van der Waals surface area contributed by atoms with Crippen LogP contribution in [0.2, 0.25) is 0 Å². The normalized spacial score (nSPS) is 20.3. The molecule has 1 aliphatic rings. The number of nitrogens with one attached hydrogen (secondary N) is 1. The van der Waals surface area contributed by atoms with Crippen molar-refractivity contribution in [3.63, 3.8) is 0 Å². The van der Waals surface area contributed by atoms with E-state index < -0.39 is 5.92 Å². The topological polar surface area (TPSA) is 12.0 Å². The monoisotopic (exact) mass is 295 g/mol. The van der Waals surface area contributed by atoms with E-state index in [1.165, 1.54) is 5.56 Å². The third-order valence-electron chi connectivity index (χ3n) is 4.62. The molecule has 1 saturated carbocycles. The van der Waals surface area contributed by atoms with Gasteiger partial charge in [0.2, 0.25) is 5.92 Å². The highest BCUT2D eigenvalue weighted by Crippen LogP contribution is 2.38. The summed E-state index contributed by atoms with van der Waals surface area (Å²) in [4.78, 5) is 0. The smallest absolute Gasteiger partial charge is 0.248 e. The molecule has 1 N–H and O–H groups in total. The maximum atomic E-state index is 13.3. The molecule has 0 spiro atoms. The van der Waals surface area contributed by atoms with Crippen LogP contribution in [0, 0.1) is 5.92 Å². The van der Waals surface area contributed by atoms with Crippen molar-refractivity contribution in [1.82, 2.24) is 5.32 Å². The fraction of sp³-hybridized carbons (Fsp3) is 0.667. The molecule has 0 saturated heterocycles. The minimum atomic E-state index is -2.42. The minimum absolute atomic E-state index is 0.0677. The van der Waals surface area contributed by atoms with E-state index in [0.29, 0.717) is 24.8 Å². The lowest BCUT2D eigenvalue weighted by Gasteiger charge is -2.34. The van der Waals surface area contributed by atoms with Gasteiger partial charge in [0, 0.05) is 18.9 Å². The van der Waals surface area contributed by atoms with Gasteiger partial charge in [-0.05, 0) is 50.1 Å². The van der Waals surface area contributed by atoms with Gasteiger partial charge in [0.25, 0.3) is 0 Å². The van der Waals surface area contributed by atoms with Crippen LogP contribution in [0.5, 0.6) is 0 Å². The van der Waals surface area contributed by atoms with Gasteiger partial charge in [-0.2, -0.15) is 0 Å². The van der Waals surface area contributed by atoms with Crippen molar-refractivity contribution in [2.24, 2.45) is 5.92 Å². The maximum Gasteiger partial charge on any atom is 0.248 e. The first-order valence-electron chi connectivity index (χ1n) is 8.26. The van der Waals surface area contributed by atoms with Gasteiger partial charge in [-0.3, -0.25) is 0 Å². The number of halogens is 2. The molecule has 1 aliphatic carbocycles. The molecule has 0 aromatic heterocycles. The Morgan fingerprint density at radius 2 is 1.86 bits per heavy atom. The summed E-state index contributed by atoms with van der Waals surface area (Å²) < 4.78 is 26.6. The van der Waals surface area contributed by atoms with Crippen LogP contribution in [-0.4, -0.2) is 18.5 Å². The molecule has 0 radical (unpaired) electrons. The van der Waals surface area contributed by atoms with Crippen LogP contribution in [0.4, 0.5) is 8.78 Å². The van der Waals surface area contributed by atoms with Crippen LogP contribution in [0.3, 0.4) is 0 Å². The lowest BCUT2D eigenvalue weighted by Crippen LogP contribution is -2.40. The maximum absolute atomic E-state index is 13.3. The van der Waals surface area contributed by atoms with Gasteiger partial charge in [-0.1, -0.05) is 37.3 Å². The molecular formula is C18H27F2N. The van der Waals surface area contributed by atoms with Crippen molar-refractivity contribution in [2.75, 3.05) is 6.54 Å². The summed E-state index contributed by atoms with van der Waals surface area (Å²) in [5.74, 6) is -2.00. The fourth-order valence-corrected chi connectivity index (χ4v) is 3.40. The molecule has 0 bridgehead atoms. The summed E-state index contributed by atoms with van der Waals surface area (Å²) in [5.41, 5.74) is 1.36. The van der Waals surface area contributed by atoms with E-state index >= 15 is 0 Å². The van der Waals surface area contributed by atoms with E-state index in [4.69, 9.17) is 0 Å². The molecule has 0 aliphatic heterocycles. The SMILES string of the molecule is CCNC(CCCc1ccccc1)C1CCC(F)(F)CC1. The molecule has 0 heterocycles. The van der Waals surface area contributed by atoms with Gasteiger partial charge in [-0.15, -0.1) is 0 Å². The quantitative estimate of drug-likeness (QED) is 0.761. The Bertz CT molecular complexity index is 395. The van der Waals surface area contributed by atoms with Gasteiger partial charge >= 0.3 is 0 Å². The Kier molecular flexibility index (Phi) is 6.16. The highest BCUT2D eigenvalue weighted by atomic mass is 19.3. The van der Waals surface area contributed by atoms with Crippen molar-refractivity contribution < 1.29 is 8.78 Å². The van der Waals surface area contributed by atoms with Crippen molar-refractivity contribution in [3.8, 4) is 0 Å². The second-order valence-electron chi connectivity index (χ2n) is 6.24. The summed E-state index contributed by atoms with van der Waals surface area (Å²) >= 11 is 0. The van der Waals surface area contributed by atoms with Crippen molar-refractivity contribution in [2.45, 2.75) is 63.8 Å². The van der Waals surface area contributed by atoms with E-state index in [1.54, 1.807) is 0 Å². The zero-order valence-corrected chi connectivity index (χ0v) is 13.0. The number of alkyl halides is 2. The predicted molar refractivity (Wildman–Crippen MR) is 83.7 cm³/mol. The Labute approximate surface area is 127 Å². The molecule has 118 valence electrons. The van der Waals surface area contributed by atoms with Crippen LogP contribution >= 0.6 is 0 Å². The minimum Gasteiger partial charge on any atom is -0.314 e. The number of hydrogen-bond acceptors (Lipinski definition) is 1. The van der Waals surface area contributed by atoms with Crippen LogP contribution in [-0.2, 0) is 6.42 Å². The zero-order chi connectivity index (χ0) is 15.1. The standard InChI is InChI=1S/C18H27F2N/c1-2-21-17(16-11-13-18(19,20)14-12-16)10-6-9-15-7-4-3-5-8-15/h3-5,7-8,16-17,21H,2,6,9-14H2,1H3. The van der Waals surface area contributed by atoms with Crippen LogP contribution in [0.25, 0.3) is 0 Å². The largest absolute Gasteiger partial charge is 0.314 e. The molecule has 1 nitrogen and oxygen atoms in total. The Hall–Kier alpha value is -0.960. The van der Waals surface area contributed by atoms with Crippen molar-refractivity contribution in [1.29, 1.82) is 0 Å². The first-order valence-corrected chi connectivity index (χ1v) is 8.26. The van der Waals surface area contributed by atoms with E-state index in [0.717, 1.165) is 25.8 Å². The van der Waals surface area contributed by atoms with Gasteiger partial charge in [0.1, 0.15) is 0 Å². The van der Waals surface area contributed by atoms with Gasteiger partial charge < -0.3 is 5.32 Å². The second kappa shape index (κ2) is 7.88. The lowest BCUT2D eigenvalue weighted by atomic mass is 9.80. The summed E-state index contributed by atoms with van der Waals surface area (Å²) in [5, 5.41) is 3.52. The first-order chi connectivity index (χ1) is 10.1. The van der Waals surface area contributed by atoms with Crippen molar-refractivity contribution in [3.05, 3.63) is 35.9 Å². The van der Waals surface area contributed by atoms with Gasteiger partial charge in [-0.25, -0.2) is 8.78 Å². The number of benzene rings is 1. The van der Waals surface area contributed by atoms with Crippen LogP contribution < -0.4 is 5.32 Å². The lowest BCUT2D eigenvalue weighted by molar-refractivity contribution is -0.0498. The Morgan fingerprint density at radius 1 is 1.19 bits per heavy atom. The van der Waals surface area contributed by atoms with E-state index in [2.05, 4.69) is 36.5 Å². The van der Waals surface area contributed by atoms with Gasteiger partial charge in [0.05, 0.1) is 0 Å². The summed E-state index contributed by atoms with van der Waals surface area (Å²) in [7, 11) is 0. The summed E-state index contributed by atoms with van der Waals surface area (Å²) in [6.45, 7) is 3.02. The third kappa shape index (κ3) is 5.39. The van der Waals surface area contributed by atoms with Crippen LogP contribution in [0.15, 0.2) is 30.3 Å². The number of aryl methyl sites for hydroxylation is 1. The second-order valence-corrected chi connectivity index (χ2v) is 6.24. The third-order valence-corrected chi connectivity index (χ3v) is 4.62. The molecule has 0 amide bonds. The fourth-order valence-electron chi connectivity index (χ4n) is 3.40. The molecule has 1 aromatic rings. The number of hydrogen-bond donors (Lipinski definition) is 1. The average molecular weight is 295 g/mol. The van der Waals surface area contributed by atoms with E-state index in [1.807, 2.05) is 6.07 Å². The molecule has 2 rings (SSSR count). The molecule has 1 unspecified atom stereocenters. The highest BCUT2D eigenvalue weighted by molar-refractivity contribution is 5.14. The predicted octanol–water partition coefficient (Wildman–Crippen LogP) is 4.81. The highest BCUT2D eigenvalue weighted by Gasteiger charge is 2.37. The summed E-state index contributed by atoms with van der Waals surface area (Å²) in [6, 6.07) is 10.9. The first kappa shape index (κ1) is 16.4. The number of rotatable bonds is 7. The average Bonchev–Trinajstić information content (AvgIpc) is 2.48. The molecule has 1 atom stereocenters. The Morgan fingerprint density at radius 3 is 2.48 bits per heavy atom. The molecular weight excluding hydrogens is 268 g/mol. The Balaban J connectivity index is 1.79. The van der Waals surface area contributed by atoms with E-state index in [-0.39, 0.29) is 12.8 Å². The molecule has 1 aromatic carbocycles. The summed E-state index contributed by atoms with van der Waals surface area (Å²) in [6.07, 6.45) is 4.74. The van der Waals surface area contributed by atoms with Crippen LogP contribution in [0.1, 0.15) is 51.0 Å². The van der Waals surface area contributed by atoms with Crippen molar-refractivity contribution >= 4 is 0 Å². The van der Waals surface area contributed by atoms with E-state index in [9.17, 15) is 8.78 Å². The zero-order valence-electron chi connectivity index (χ0n) is 13.0. The van der Waals surface area contributed by atoms with Gasteiger partial charge in [0.15, 0.2) is 0 Å². The molecule has 1 fully saturated rings.